The van der Waals surface area contributed by atoms with Gasteiger partial charge in [0.2, 0.25) is 0 Å². The highest BCUT2D eigenvalue weighted by molar-refractivity contribution is 7.99. The average molecular weight is 383 g/mol. The van der Waals surface area contributed by atoms with Crippen LogP contribution in [-0.4, -0.2) is 21.1 Å². The van der Waals surface area contributed by atoms with Gasteiger partial charge in [-0.3, -0.25) is 14.2 Å². The van der Waals surface area contributed by atoms with Crippen molar-refractivity contribution in [1.82, 2.24) is 9.55 Å². The zero-order chi connectivity index (χ0) is 18.1. The first kappa shape index (κ1) is 17.2. The molecule has 6 heteroatoms. The lowest BCUT2D eigenvalue weighted by molar-refractivity contribution is 0.102. The number of benzene rings is 1. The maximum absolute atomic E-state index is 12.6. The van der Waals surface area contributed by atoms with Crippen LogP contribution in [0.15, 0.2) is 52.3 Å². The van der Waals surface area contributed by atoms with Crippen LogP contribution in [0.3, 0.4) is 0 Å². The van der Waals surface area contributed by atoms with Gasteiger partial charge in [-0.25, -0.2) is 4.98 Å². The molecule has 0 saturated heterocycles. The highest BCUT2D eigenvalue weighted by Crippen LogP contribution is 2.25. The number of carbonyl (C=O) groups is 1. The molecule has 0 radical (unpaired) electrons. The predicted octanol–water partition coefficient (Wildman–Crippen LogP) is 4.11. The van der Waals surface area contributed by atoms with E-state index in [2.05, 4.69) is 17.6 Å². The number of nitrogens with zero attached hydrogens (tertiary/aromatic N) is 2. The van der Waals surface area contributed by atoms with E-state index in [-0.39, 0.29) is 17.1 Å². The summed E-state index contributed by atoms with van der Waals surface area (Å²) in [5, 5.41) is 3.05. The minimum Gasteiger partial charge on any atom is -0.293 e. The molecule has 0 atom stereocenters. The van der Waals surface area contributed by atoms with Crippen LogP contribution in [0.2, 0.25) is 0 Å². The molecule has 2 aromatic heterocycles. The molecule has 0 fully saturated rings. The first-order valence-electron chi connectivity index (χ1n) is 8.54. The van der Waals surface area contributed by atoms with Crippen molar-refractivity contribution in [3.63, 3.8) is 0 Å². The van der Waals surface area contributed by atoms with Gasteiger partial charge < -0.3 is 0 Å². The summed E-state index contributed by atoms with van der Waals surface area (Å²) >= 11 is 2.75. The van der Waals surface area contributed by atoms with E-state index in [0.717, 1.165) is 18.4 Å². The van der Waals surface area contributed by atoms with Gasteiger partial charge in [-0.15, -0.1) is 17.9 Å². The first-order chi connectivity index (χ1) is 12.7. The van der Waals surface area contributed by atoms with Gasteiger partial charge in [0.15, 0.2) is 10.9 Å². The molecule has 0 bridgehead atoms. The lowest BCUT2D eigenvalue weighted by Crippen LogP contribution is -2.22. The Labute approximate surface area is 159 Å². The van der Waals surface area contributed by atoms with Crippen LogP contribution in [0.25, 0.3) is 10.2 Å². The van der Waals surface area contributed by atoms with Crippen molar-refractivity contribution in [2.24, 2.45) is 0 Å². The number of ketones is 1. The quantitative estimate of drug-likeness (QED) is 0.279. The Morgan fingerprint density at radius 2 is 2.15 bits per heavy atom. The molecule has 26 heavy (non-hydrogen) atoms. The minimum absolute atomic E-state index is 0.0652. The number of fused-ring (bicyclic) bond motifs is 2. The summed E-state index contributed by atoms with van der Waals surface area (Å²) in [6, 6.07) is 7.81. The third-order valence-corrected chi connectivity index (χ3v) is 6.40. The molecule has 0 saturated carbocycles. The maximum Gasteiger partial charge on any atom is 0.263 e. The summed E-state index contributed by atoms with van der Waals surface area (Å²) in [4.78, 5) is 30.6. The van der Waals surface area contributed by atoms with E-state index in [9.17, 15) is 9.59 Å². The molecule has 4 rings (SSSR count). The van der Waals surface area contributed by atoms with Gasteiger partial charge in [0.25, 0.3) is 5.56 Å². The monoisotopic (exact) mass is 382 g/mol. The SMILES string of the molecule is C=CCn1c(SCC(=O)c2ccc3c(c2)CCC3)nc2sccc2c1=O. The number of Topliss-reactive ketones (excluding diaryl/α,β-unsaturated/α-hetero) is 1. The molecule has 2 heterocycles. The Morgan fingerprint density at radius 1 is 1.31 bits per heavy atom. The number of rotatable bonds is 6. The average Bonchev–Trinajstić information content (AvgIpc) is 3.30. The highest BCUT2D eigenvalue weighted by Gasteiger charge is 2.16. The molecule has 1 aliphatic carbocycles. The maximum atomic E-state index is 12.6. The lowest BCUT2D eigenvalue weighted by Gasteiger charge is -2.10. The Hall–Kier alpha value is -2.18. The number of hydrogen-bond donors (Lipinski definition) is 0. The molecule has 0 aliphatic heterocycles. The Balaban J connectivity index is 1.59. The van der Waals surface area contributed by atoms with E-state index in [1.165, 1.54) is 40.6 Å². The second-order valence-corrected chi connectivity index (χ2v) is 8.12. The molecule has 132 valence electrons. The van der Waals surface area contributed by atoms with Crippen LogP contribution in [0.4, 0.5) is 0 Å². The van der Waals surface area contributed by atoms with Crippen molar-refractivity contribution in [2.45, 2.75) is 31.0 Å². The van der Waals surface area contributed by atoms with E-state index >= 15 is 0 Å². The lowest BCUT2D eigenvalue weighted by atomic mass is 10.0. The van der Waals surface area contributed by atoms with Crippen molar-refractivity contribution in [3.05, 3.63) is 69.3 Å². The van der Waals surface area contributed by atoms with Crippen molar-refractivity contribution in [1.29, 1.82) is 0 Å². The second-order valence-electron chi connectivity index (χ2n) is 6.29. The molecule has 0 amide bonds. The fraction of sp³-hybridized carbons (Fsp3) is 0.250. The molecule has 0 N–H and O–H groups in total. The summed E-state index contributed by atoms with van der Waals surface area (Å²) in [7, 11) is 0. The Bertz CT molecular complexity index is 1070. The van der Waals surface area contributed by atoms with Crippen LogP contribution in [0, 0.1) is 0 Å². The van der Waals surface area contributed by atoms with Crippen LogP contribution < -0.4 is 5.56 Å². The summed E-state index contributed by atoms with van der Waals surface area (Å²) in [6.07, 6.45) is 5.00. The number of aryl methyl sites for hydroxylation is 2. The van der Waals surface area contributed by atoms with E-state index in [1.54, 1.807) is 16.7 Å². The van der Waals surface area contributed by atoms with Crippen LogP contribution in [0.1, 0.15) is 27.9 Å². The standard InChI is InChI=1S/C20H18N2O2S2/c1-2-9-22-19(24)16-8-10-25-18(16)21-20(22)26-12-17(23)15-7-6-13-4-3-5-14(13)11-15/h2,6-8,10-11H,1,3-5,9,12H2. The largest absolute Gasteiger partial charge is 0.293 e. The number of hydrogen-bond acceptors (Lipinski definition) is 5. The van der Waals surface area contributed by atoms with Crippen molar-refractivity contribution in [3.8, 4) is 0 Å². The van der Waals surface area contributed by atoms with Crippen molar-refractivity contribution >= 4 is 39.1 Å². The highest BCUT2D eigenvalue weighted by atomic mass is 32.2. The molecule has 3 aromatic rings. The third kappa shape index (κ3) is 3.15. The fourth-order valence-corrected chi connectivity index (χ4v) is 5.00. The molecule has 1 aromatic carbocycles. The molecule has 4 nitrogen and oxygen atoms in total. The number of thioether (sulfide) groups is 1. The van der Waals surface area contributed by atoms with Gasteiger partial charge >= 0.3 is 0 Å². The molecular weight excluding hydrogens is 364 g/mol. The fourth-order valence-electron chi connectivity index (χ4n) is 3.29. The Morgan fingerprint density at radius 3 is 3.00 bits per heavy atom. The summed E-state index contributed by atoms with van der Waals surface area (Å²) in [5.74, 6) is 0.328. The molecular formula is C20H18N2O2S2. The first-order valence-corrected chi connectivity index (χ1v) is 10.4. The van der Waals surface area contributed by atoms with E-state index in [4.69, 9.17) is 0 Å². The van der Waals surface area contributed by atoms with E-state index < -0.39 is 0 Å². The van der Waals surface area contributed by atoms with Gasteiger partial charge in [-0.1, -0.05) is 30.0 Å². The number of aromatic nitrogens is 2. The normalized spacial score (nSPS) is 13.1. The Kier molecular flexibility index (Phi) is 4.78. The summed E-state index contributed by atoms with van der Waals surface area (Å²) < 4.78 is 1.59. The molecule has 0 unspecified atom stereocenters. The third-order valence-electron chi connectivity index (χ3n) is 4.61. The number of carbonyl (C=O) groups excluding carboxylic acids is 1. The van der Waals surface area contributed by atoms with E-state index in [0.29, 0.717) is 21.9 Å². The van der Waals surface area contributed by atoms with Gasteiger partial charge in [-0.05, 0) is 47.9 Å². The summed E-state index contributed by atoms with van der Waals surface area (Å²) in [5.41, 5.74) is 3.32. The predicted molar refractivity (Wildman–Crippen MR) is 108 cm³/mol. The van der Waals surface area contributed by atoms with Gasteiger partial charge in [0.05, 0.1) is 11.1 Å². The summed E-state index contributed by atoms with van der Waals surface area (Å²) in [6.45, 7) is 4.10. The zero-order valence-corrected chi connectivity index (χ0v) is 15.9. The molecule has 1 aliphatic rings. The second kappa shape index (κ2) is 7.21. The van der Waals surface area contributed by atoms with Crippen LogP contribution >= 0.6 is 23.1 Å². The smallest absolute Gasteiger partial charge is 0.263 e. The van der Waals surface area contributed by atoms with Crippen LogP contribution in [-0.2, 0) is 19.4 Å². The van der Waals surface area contributed by atoms with Crippen molar-refractivity contribution in [2.75, 3.05) is 5.75 Å². The van der Waals surface area contributed by atoms with E-state index in [1.807, 2.05) is 17.5 Å². The molecule has 0 spiro atoms. The number of thiophene rings is 1. The van der Waals surface area contributed by atoms with Gasteiger partial charge in [-0.2, -0.15) is 0 Å². The van der Waals surface area contributed by atoms with Gasteiger partial charge in [0.1, 0.15) is 4.83 Å². The van der Waals surface area contributed by atoms with Gasteiger partial charge in [0, 0.05) is 12.1 Å². The topological polar surface area (TPSA) is 52.0 Å². The van der Waals surface area contributed by atoms with Crippen molar-refractivity contribution < 1.29 is 4.79 Å². The number of allylic oxidation sites excluding steroid dienone is 1. The van der Waals surface area contributed by atoms with Crippen LogP contribution in [0.5, 0.6) is 0 Å². The zero-order valence-electron chi connectivity index (χ0n) is 14.2. The minimum atomic E-state index is -0.0800.